The van der Waals surface area contributed by atoms with Gasteiger partial charge >= 0.3 is 5.97 Å². The molecule has 0 saturated carbocycles. The molecule has 1 N–H and O–H groups in total. The Bertz CT molecular complexity index is 831. The molecule has 8 heteroatoms. The molecule has 2 heterocycles. The Balaban J connectivity index is 2.06. The molecule has 0 amide bonds. The molecule has 1 aliphatic rings. The number of nitrogens with zero attached hydrogens (tertiary/aromatic N) is 1. The summed E-state index contributed by atoms with van der Waals surface area (Å²) in [4.78, 5) is 11.5. The van der Waals surface area contributed by atoms with E-state index in [1.165, 1.54) is 6.07 Å². The van der Waals surface area contributed by atoms with Gasteiger partial charge in [-0.25, -0.2) is 8.42 Å². The summed E-state index contributed by atoms with van der Waals surface area (Å²) in [5, 5.41) is 9.44. The van der Waals surface area contributed by atoms with Crippen molar-refractivity contribution in [1.82, 2.24) is 4.31 Å². The number of rotatable bonds is 3. The Morgan fingerprint density at radius 2 is 1.91 bits per heavy atom. The van der Waals surface area contributed by atoms with Gasteiger partial charge in [0.2, 0.25) is 0 Å². The molecule has 3 rings (SSSR count). The van der Waals surface area contributed by atoms with Gasteiger partial charge in [-0.2, -0.15) is 4.31 Å². The van der Waals surface area contributed by atoms with E-state index in [-0.39, 0.29) is 17.2 Å². The van der Waals surface area contributed by atoms with E-state index >= 15 is 0 Å². The number of aliphatic carboxylic acids is 1. The summed E-state index contributed by atoms with van der Waals surface area (Å²) in [5.41, 5.74) is 1.73. The van der Waals surface area contributed by atoms with Crippen LogP contribution in [0.1, 0.15) is 11.1 Å². The van der Waals surface area contributed by atoms with E-state index in [2.05, 4.69) is 15.9 Å². The summed E-state index contributed by atoms with van der Waals surface area (Å²) in [6.45, 7) is 0.0744. The standard InChI is InChI=1S/C14H12BrNO4S2/c15-12-5-6-13(21-12)22(19,20)16-8-10-4-2-1-3-9(10)7-11(16)14(17)18/h1-6,11H,7-8H2,(H,17,18)/t11-/m1/s1. The molecule has 1 aliphatic heterocycles. The average Bonchev–Trinajstić information content (AvgIpc) is 2.93. The molecule has 0 fully saturated rings. The van der Waals surface area contributed by atoms with Crippen LogP contribution in [0.4, 0.5) is 0 Å². The van der Waals surface area contributed by atoms with Crippen molar-refractivity contribution in [2.75, 3.05) is 0 Å². The molecular weight excluding hydrogens is 390 g/mol. The quantitative estimate of drug-likeness (QED) is 0.857. The van der Waals surface area contributed by atoms with Gasteiger partial charge in [-0.15, -0.1) is 11.3 Å². The summed E-state index contributed by atoms with van der Waals surface area (Å²) >= 11 is 4.32. The highest BCUT2D eigenvalue weighted by molar-refractivity contribution is 9.11. The molecule has 0 spiro atoms. The van der Waals surface area contributed by atoms with Gasteiger partial charge in [0.05, 0.1) is 3.79 Å². The van der Waals surface area contributed by atoms with Gasteiger partial charge < -0.3 is 5.11 Å². The zero-order chi connectivity index (χ0) is 15.9. The Morgan fingerprint density at radius 1 is 1.23 bits per heavy atom. The van der Waals surface area contributed by atoms with Crippen molar-refractivity contribution in [3.05, 3.63) is 51.3 Å². The highest BCUT2D eigenvalue weighted by atomic mass is 79.9. The van der Waals surface area contributed by atoms with Crippen LogP contribution in [-0.4, -0.2) is 29.8 Å². The van der Waals surface area contributed by atoms with Crippen molar-refractivity contribution >= 4 is 43.3 Å². The van der Waals surface area contributed by atoms with E-state index in [1.807, 2.05) is 24.3 Å². The molecule has 1 aromatic heterocycles. The summed E-state index contributed by atoms with van der Waals surface area (Å²) in [7, 11) is -3.84. The fourth-order valence-electron chi connectivity index (χ4n) is 2.51. The van der Waals surface area contributed by atoms with Crippen LogP contribution in [-0.2, 0) is 27.8 Å². The van der Waals surface area contributed by atoms with Crippen molar-refractivity contribution in [2.24, 2.45) is 0 Å². The second-order valence-corrected chi connectivity index (χ2v) is 9.52. The van der Waals surface area contributed by atoms with Gasteiger partial charge in [-0.05, 0) is 39.2 Å². The fraction of sp³-hybridized carbons (Fsp3) is 0.214. The minimum Gasteiger partial charge on any atom is -0.480 e. The number of hydrogen-bond donors (Lipinski definition) is 1. The predicted molar refractivity (Wildman–Crippen MR) is 86.3 cm³/mol. The molecule has 5 nitrogen and oxygen atoms in total. The van der Waals surface area contributed by atoms with Gasteiger partial charge in [0, 0.05) is 13.0 Å². The minimum atomic E-state index is -3.84. The summed E-state index contributed by atoms with van der Waals surface area (Å²) in [5.74, 6) is -1.13. The van der Waals surface area contributed by atoms with Crippen LogP contribution in [0.25, 0.3) is 0 Å². The Morgan fingerprint density at radius 3 is 2.50 bits per heavy atom. The first-order chi connectivity index (χ1) is 10.4. The number of sulfonamides is 1. The molecular formula is C14H12BrNO4S2. The topological polar surface area (TPSA) is 74.7 Å². The molecule has 0 radical (unpaired) electrons. The lowest BCUT2D eigenvalue weighted by molar-refractivity contribution is -0.141. The number of fused-ring (bicyclic) bond motifs is 1. The first-order valence-electron chi connectivity index (χ1n) is 6.46. The van der Waals surface area contributed by atoms with E-state index < -0.39 is 22.0 Å². The van der Waals surface area contributed by atoms with Gasteiger partial charge in [-0.1, -0.05) is 24.3 Å². The third-order valence-electron chi connectivity index (χ3n) is 3.60. The van der Waals surface area contributed by atoms with E-state index in [0.717, 1.165) is 26.8 Å². The van der Waals surface area contributed by atoms with Crippen LogP contribution in [0.2, 0.25) is 0 Å². The number of carboxylic acids is 1. The first kappa shape index (κ1) is 15.7. The maximum absolute atomic E-state index is 12.8. The minimum absolute atomic E-state index is 0.0744. The SMILES string of the molecule is O=C(O)[C@H]1Cc2ccccc2CN1S(=O)(=O)c1ccc(Br)s1. The normalized spacial score (nSPS) is 18.9. The van der Waals surface area contributed by atoms with Crippen LogP contribution in [0, 0.1) is 0 Å². The van der Waals surface area contributed by atoms with Crippen molar-refractivity contribution in [1.29, 1.82) is 0 Å². The summed E-state index contributed by atoms with van der Waals surface area (Å²) < 4.78 is 27.5. The zero-order valence-corrected chi connectivity index (χ0v) is 14.5. The van der Waals surface area contributed by atoms with Crippen LogP contribution in [0.5, 0.6) is 0 Å². The Hall–Kier alpha value is -1.22. The van der Waals surface area contributed by atoms with E-state index in [0.29, 0.717) is 3.79 Å². The second kappa shape index (κ2) is 5.77. The molecule has 0 aliphatic carbocycles. The molecule has 22 heavy (non-hydrogen) atoms. The van der Waals surface area contributed by atoms with E-state index in [9.17, 15) is 18.3 Å². The molecule has 116 valence electrons. The lowest BCUT2D eigenvalue weighted by atomic mass is 9.96. The maximum atomic E-state index is 12.8. The number of halogens is 1. The largest absolute Gasteiger partial charge is 0.480 e. The average molecular weight is 402 g/mol. The smallest absolute Gasteiger partial charge is 0.322 e. The van der Waals surface area contributed by atoms with Crippen LogP contribution < -0.4 is 0 Å². The molecule has 1 aromatic carbocycles. The molecule has 0 bridgehead atoms. The molecule has 1 atom stereocenters. The number of benzene rings is 1. The number of thiophene rings is 1. The highest BCUT2D eigenvalue weighted by Gasteiger charge is 2.40. The molecule has 2 aromatic rings. The maximum Gasteiger partial charge on any atom is 0.322 e. The fourth-order valence-corrected chi connectivity index (χ4v) is 6.21. The Kier molecular flexibility index (Phi) is 4.11. The van der Waals surface area contributed by atoms with Crippen LogP contribution in [0.15, 0.2) is 44.4 Å². The number of hydrogen-bond acceptors (Lipinski definition) is 4. The van der Waals surface area contributed by atoms with Gasteiger partial charge in [0.25, 0.3) is 10.0 Å². The van der Waals surface area contributed by atoms with Gasteiger partial charge in [0.1, 0.15) is 10.3 Å². The van der Waals surface area contributed by atoms with Crippen LogP contribution >= 0.6 is 27.3 Å². The molecule has 0 unspecified atom stereocenters. The molecule has 0 saturated heterocycles. The van der Waals surface area contributed by atoms with Crippen molar-refractivity contribution < 1.29 is 18.3 Å². The second-order valence-electron chi connectivity index (χ2n) is 4.94. The van der Waals surface area contributed by atoms with Gasteiger partial charge in [-0.3, -0.25) is 4.79 Å². The van der Waals surface area contributed by atoms with Crippen LogP contribution in [0.3, 0.4) is 0 Å². The van der Waals surface area contributed by atoms with Crippen molar-refractivity contribution in [3.63, 3.8) is 0 Å². The van der Waals surface area contributed by atoms with Gasteiger partial charge in [0.15, 0.2) is 0 Å². The van der Waals surface area contributed by atoms with Crippen molar-refractivity contribution in [2.45, 2.75) is 23.2 Å². The van der Waals surface area contributed by atoms with Crippen molar-refractivity contribution in [3.8, 4) is 0 Å². The monoisotopic (exact) mass is 401 g/mol. The van der Waals surface area contributed by atoms with E-state index in [4.69, 9.17) is 0 Å². The zero-order valence-electron chi connectivity index (χ0n) is 11.3. The third-order valence-corrected chi connectivity index (χ3v) is 7.55. The lowest BCUT2D eigenvalue weighted by Crippen LogP contribution is -2.48. The first-order valence-corrected chi connectivity index (χ1v) is 9.51. The lowest BCUT2D eigenvalue weighted by Gasteiger charge is -2.33. The highest BCUT2D eigenvalue weighted by Crippen LogP contribution is 2.33. The Labute approximate surface area is 140 Å². The number of carbonyl (C=O) groups is 1. The van der Waals surface area contributed by atoms with E-state index in [1.54, 1.807) is 6.07 Å². The summed E-state index contributed by atoms with van der Waals surface area (Å²) in [6.07, 6.45) is 0.178. The third kappa shape index (κ3) is 2.71. The summed E-state index contributed by atoms with van der Waals surface area (Å²) in [6, 6.07) is 9.39. The predicted octanol–water partition coefficient (Wildman–Crippen LogP) is 2.71. The number of carboxylic acid groups (broad SMARTS) is 1.